The van der Waals surface area contributed by atoms with Gasteiger partial charge in [0.2, 0.25) is 17.7 Å². The summed E-state index contributed by atoms with van der Waals surface area (Å²) in [6.45, 7) is 4.95. The van der Waals surface area contributed by atoms with Gasteiger partial charge in [-0.15, -0.1) is 0 Å². The van der Waals surface area contributed by atoms with Gasteiger partial charge in [-0.3, -0.25) is 24.0 Å². The maximum Gasteiger partial charge on any atom is 0.358 e. The monoisotopic (exact) mass is 665 g/mol. The van der Waals surface area contributed by atoms with Crippen LogP contribution in [0.5, 0.6) is 0 Å². The molecule has 0 aliphatic carbocycles. The van der Waals surface area contributed by atoms with E-state index in [0.29, 0.717) is 25.8 Å². The van der Waals surface area contributed by atoms with E-state index in [-0.39, 0.29) is 35.3 Å². The molecule has 3 aromatic rings. The lowest BCUT2D eigenvalue weighted by molar-refractivity contribution is -0.134. The maximum atomic E-state index is 13.6. The summed E-state index contributed by atoms with van der Waals surface area (Å²) in [6.07, 6.45) is 4.93. The zero-order valence-electron chi connectivity index (χ0n) is 27.0. The fourth-order valence-corrected chi connectivity index (χ4v) is 4.57. The standard InChI is InChI=1S/C30H35N7O7.C2H4O2/c1-17(2)24-28(41)35-20(13-18-9-5-4-6-10-18)29-36-23(16-44-29)25(38)31-12-8-7-11-19(26(39)37-24)34-27(40)21-14-33-22(15-32-21)30(42)43-3;1-2(3)4/h4-6,9-10,14-17,19-20,24H,7-8,11-13H2,1-3H3,(H,31,38)(H,34,40)(H,35,41)(H,37,39);1H3,(H,3,4)/t19-,20+,24-;/m0./s1. The molecule has 0 saturated heterocycles. The third-order valence-corrected chi connectivity index (χ3v) is 7.00. The van der Waals surface area contributed by atoms with Crippen molar-refractivity contribution in [3.05, 3.63) is 77.5 Å². The van der Waals surface area contributed by atoms with E-state index in [9.17, 15) is 24.0 Å². The highest BCUT2D eigenvalue weighted by Gasteiger charge is 2.32. The van der Waals surface area contributed by atoms with Crippen LogP contribution in [-0.4, -0.2) is 81.4 Å². The molecule has 0 spiro atoms. The Labute approximate surface area is 276 Å². The summed E-state index contributed by atoms with van der Waals surface area (Å²) >= 11 is 0. The van der Waals surface area contributed by atoms with Gasteiger partial charge >= 0.3 is 5.97 Å². The van der Waals surface area contributed by atoms with Gasteiger partial charge in [0.25, 0.3) is 17.8 Å². The lowest BCUT2D eigenvalue weighted by Crippen LogP contribution is -2.56. The number of carbonyl (C=O) groups is 6. The van der Waals surface area contributed by atoms with E-state index >= 15 is 0 Å². The molecule has 0 unspecified atom stereocenters. The third-order valence-electron chi connectivity index (χ3n) is 7.00. The summed E-state index contributed by atoms with van der Waals surface area (Å²) in [5, 5.41) is 18.6. The van der Waals surface area contributed by atoms with Crippen molar-refractivity contribution in [2.45, 2.75) is 64.6 Å². The Morgan fingerprint density at radius 1 is 1.02 bits per heavy atom. The van der Waals surface area contributed by atoms with Crippen LogP contribution in [0.2, 0.25) is 0 Å². The number of nitrogens with zero attached hydrogens (tertiary/aromatic N) is 3. The van der Waals surface area contributed by atoms with E-state index in [4.69, 9.17) is 14.3 Å². The minimum atomic E-state index is -1.03. The zero-order valence-corrected chi connectivity index (χ0v) is 27.0. The van der Waals surface area contributed by atoms with E-state index in [0.717, 1.165) is 24.9 Å². The van der Waals surface area contributed by atoms with Crippen LogP contribution < -0.4 is 21.3 Å². The molecule has 3 heterocycles. The summed E-state index contributed by atoms with van der Waals surface area (Å²) in [5.41, 5.74) is 0.784. The lowest BCUT2D eigenvalue weighted by atomic mass is 10.00. The number of hydrogen-bond acceptors (Lipinski definition) is 11. The molecule has 3 atom stereocenters. The molecule has 5 N–H and O–H groups in total. The summed E-state index contributed by atoms with van der Waals surface area (Å²) in [7, 11) is 1.20. The molecule has 16 nitrogen and oxygen atoms in total. The summed E-state index contributed by atoms with van der Waals surface area (Å²) in [4.78, 5) is 85.7. The van der Waals surface area contributed by atoms with Crippen molar-refractivity contribution in [1.82, 2.24) is 36.2 Å². The average Bonchev–Trinajstić information content (AvgIpc) is 3.56. The normalized spacial score (nSPS) is 18.7. The van der Waals surface area contributed by atoms with Crippen molar-refractivity contribution in [3.8, 4) is 0 Å². The topological polar surface area (TPSA) is 232 Å². The van der Waals surface area contributed by atoms with Crippen molar-refractivity contribution in [1.29, 1.82) is 0 Å². The van der Waals surface area contributed by atoms with Gasteiger partial charge in [-0.2, -0.15) is 0 Å². The van der Waals surface area contributed by atoms with E-state index < -0.39 is 53.7 Å². The largest absolute Gasteiger partial charge is 0.481 e. The van der Waals surface area contributed by atoms with Gasteiger partial charge in [0.1, 0.15) is 30.1 Å². The number of carboxylic acid groups (broad SMARTS) is 1. The van der Waals surface area contributed by atoms with E-state index in [1.165, 1.54) is 13.4 Å². The number of benzene rings is 1. The van der Waals surface area contributed by atoms with Gasteiger partial charge in [0.15, 0.2) is 11.4 Å². The number of hydrogen-bond donors (Lipinski definition) is 5. The molecule has 48 heavy (non-hydrogen) atoms. The molecule has 0 radical (unpaired) electrons. The Bertz CT molecular complexity index is 1570. The molecule has 1 aliphatic heterocycles. The van der Waals surface area contributed by atoms with Crippen LogP contribution in [0.15, 0.2) is 53.4 Å². The van der Waals surface area contributed by atoms with Crippen molar-refractivity contribution in [2.24, 2.45) is 5.92 Å². The smallest absolute Gasteiger partial charge is 0.358 e. The minimum absolute atomic E-state index is 0.0783. The Morgan fingerprint density at radius 2 is 1.69 bits per heavy atom. The number of carbonyl (C=O) groups excluding carboxylic acids is 5. The van der Waals surface area contributed by atoms with Crippen molar-refractivity contribution in [2.75, 3.05) is 13.7 Å². The first-order valence-electron chi connectivity index (χ1n) is 15.2. The third kappa shape index (κ3) is 11.0. The second-order valence-electron chi connectivity index (χ2n) is 11.1. The summed E-state index contributed by atoms with van der Waals surface area (Å²) in [5.74, 6) is -3.90. The molecule has 2 bridgehead atoms. The second kappa shape index (κ2) is 17.9. The molecule has 1 aliphatic rings. The zero-order chi connectivity index (χ0) is 35.2. The predicted octanol–water partition coefficient (Wildman–Crippen LogP) is 1.60. The summed E-state index contributed by atoms with van der Waals surface area (Å²) in [6, 6.07) is 6.66. The molecule has 4 amide bonds. The average molecular weight is 666 g/mol. The molecule has 4 rings (SSSR count). The van der Waals surface area contributed by atoms with Gasteiger partial charge in [0, 0.05) is 19.9 Å². The Hall–Kier alpha value is -5.67. The van der Waals surface area contributed by atoms with Crippen LogP contribution in [0.4, 0.5) is 0 Å². The number of oxazole rings is 1. The summed E-state index contributed by atoms with van der Waals surface area (Å²) < 4.78 is 10.2. The van der Waals surface area contributed by atoms with Crippen LogP contribution >= 0.6 is 0 Å². The molecule has 0 saturated carbocycles. The fraction of sp³-hybridized carbons (Fsp3) is 0.406. The second-order valence-corrected chi connectivity index (χ2v) is 11.1. The number of aliphatic carboxylic acids is 1. The SMILES string of the molecule is CC(=O)O.COC(=O)c1cnc(C(=O)N[C@H]2CCCCNC(=O)c3coc(n3)[C@@H](Cc3ccccc3)NC(=O)[C@H](C(C)C)NC2=O)cn1. The van der Waals surface area contributed by atoms with Gasteiger partial charge in [-0.1, -0.05) is 44.2 Å². The number of fused-ring (bicyclic) bond motifs is 2. The highest BCUT2D eigenvalue weighted by Crippen LogP contribution is 2.20. The number of carboxylic acids is 1. The number of aromatic nitrogens is 3. The first kappa shape index (κ1) is 36.8. The molecule has 2 aromatic heterocycles. The fourth-order valence-electron chi connectivity index (χ4n) is 4.57. The first-order valence-corrected chi connectivity index (χ1v) is 15.2. The van der Waals surface area contributed by atoms with E-state index in [1.54, 1.807) is 13.8 Å². The molecule has 256 valence electrons. The molecule has 16 heteroatoms. The van der Waals surface area contributed by atoms with Crippen molar-refractivity contribution >= 4 is 35.6 Å². The quantitative estimate of drug-likeness (QED) is 0.236. The Morgan fingerprint density at radius 3 is 2.31 bits per heavy atom. The lowest BCUT2D eigenvalue weighted by Gasteiger charge is -2.27. The van der Waals surface area contributed by atoms with Gasteiger partial charge < -0.3 is 35.5 Å². The number of methoxy groups -OCH3 is 1. The Kier molecular flexibility index (Phi) is 13.7. The van der Waals surface area contributed by atoms with Crippen LogP contribution in [0.3, 0.4) is 0 Å². The van der Waals surface area contributed by atoms with Gasteiger partial charge in [-0.25, -0.2) is 19.7 Å². The van der Waals surface area contributed by atoms with Crippen molar-refractivity contribution in [3.63, 3.8) is 0 Å². The number of ether oxygens (including phenoxy) is 1. The van der Waals surface area contributed by atoms with Gasteiger partial charge in [-0.05, 0) is 30.7 Å². The highest BCUT2D eigenvalue weighted by atomic mass is 16.5. The molecule has 1 aromatic carbocycles. The predicted molar refractivity (Wildman–Crippen MR) is 168 cm³/mol. The van der Waals surface area contributed by atoms with Crippen LogP contribution in [0.25, 0.3) is 0 Å². The molecule has 0 fully saturated rings. The first-order chi connectivity index (χ1) is 22.9. The molecular formula is C32H39N7O9. The number of amides is 4. The number of nitrogens with one attached hydrogen (secondary N) is 4. The van der Waals surface area contributed by atoms with Gasteiger partial charge in [0.05, 0.1) is 19.5 Å². The van der Waals surface area contributed by atoms with Crippen LogP contribution in [0, 0.1) is 5.92 Å². The van der Waals surface area contributed by atoms with E-state index in [2.05, 4.69) is 41.0 Å². The van der Waals surface area contributed by atoms with Crippen LogP contribution in [0.1, 0.15) is 89.0 Å². The van der Waals surface area contributed by atoms with Crippen LogP contribution in [-0.2, 0) is 25.5 Å². The Balaban J connectivity index is 0.00000148. The highest BCUT2D eigenvalue weighted by molar-refractivity contribution is 5.97. The minimum Gasteiger partial charge on any atom is -0.481 e. The number of esters is 1. The van der Waals surface area contributed by atoms with E-state index in [1.807, 2.05) is 30.3 Å². The maximum absolute atomic E-state index is 13.6. The molecular weight excluding hydrogens is 626 g/mol. The number of rotatable bonds is 6. The van der Waals surface area contributed by atoms with Crippen molar-refractivity contribution < 1.29 is 43.0 Å².